The molecule has 4 aromatic carbocycles. The van der Waals surface area contributed by atoms with Crippen molar-refractivity contribution in [2.45, 2.75) is 36.1 Å². The first-order valence-corrected chi connectivity index (χ1v) is 21.4. The molecule has 2 saturated heterocycles. The molecular weight excluding hydrogens is 928 g/mol. The zero-order valence-electron chi connectivity index (χ0n) is 33.9. The molecule has 1 aromatic heterocycles. The number of thioether (sulfide) groups is 1. The van der Waals surface area contributed by atoms with Gasteiger partial charge in [0.2, 0.25) is 0 Å². The molecule has 2 amide bonds. The summed E-state index contributed by atoms with van der Waals surface area (Å²) in [5.74, 6) is -0.639. The monoisotopic (exact) mass is 972 g/mol. The van der Waals surface area contributed by atoms with Crippen molar-refractivity contribution in [1.29, 1.82) is 0 Å². The van der Waals surface area contributed by atoms with Crippen LogP contribution < -0.4 is 39.3 Å². The van der Waals surface area contributed by atoms with Gasteiger partial charge >= 0.3 is 5.97 Å². The lowest BCUT2D eigenvalue weighted by molar-refractivity contribution is -1.06. The predicted octanol–water partition coefficient (Wildman–Crippen LogP) is 3.09. The number of halogens is 1. The normalized spacial score (nSPS) is 19.5. The summed E-state index contributed by atoms with van der Waals surface area (Å²) in [5, 5.41) is 12.4. The van der Waals surface area contributed by atoms with Gasteiger partial charge in [-0.05, 0) is 34.4 Å². The molecule has 0 spiro atoms. The van der Waals surface area contributed by atoms with Gasteiger partial charge in [0.25, 0.3) is 11.8 Å². The molecule has 2 unspecified atom stereocenters. The van der Waals surface area contributed by atoms with Gasteiger partial charge in [0.1, 0.15) is 60.5 Å². The summed E-state index contributed by atoms with van der Waals surface area (Å²) in [6.07, 6.45) is 0.297. The Bertz CT molecular complexity index is 2320. The van der Waals surface area contributed by atoms with E-state index in [0.29, 0.717) is 33.3 Å². The summed E-state index contributed by atoms with van der Waals surface area (Å²) in [5.41, 5.74) is 3.89. The van der Waals surface area contributed by atoms with E-state index in [9.17, 15) is 14.4 Å². The van der Waals surface area contributed by atoms with Gasteiger partial charge in [-0.1, -0.05) is 108 Å². The van der Waals surface area contributed by atoms with E-state index in [1.807, 2.05) is 80.8 Å². The van der Waals surface area contributed by atoms with Crippen LogP contribution in [0.4, 0.5) is 5.13 Å². The summed E-state index contributed by atoms with van der Waals surface area (Å²) < 4.78 is 11.4. The first-order chi connectivity index (χ1) is 29.1. The first-order valence-electron chi connectivity index (χ1n) is 19.4. The van der Waals surface area contributed by atoms with Crippen LogP contribution in [0.15, 0.2) is 137 Å². The third-order valence-electron chi connectivity index (χ3n) is 10.8. The number of carbonyl (C=O) groups is 3. The maximum atomic E-state index is 14.1. The summed E-state index contributed by atoms with van der Waals surface area (Å²) in [7, 11) is 6.83. The first kappa shape index (κ1) is 43.8. The molecule has 2 fully saturated rings. The molecule has 13 nitrogen and oxygen atoms in total. The molecule has 0 radical (unpaired) electrons. The van der Waals surface area contributed by atoms with E-state index in [0.717, 1.165) is 28.8 Å². The molecule has 16 heteroatoms. The maximum absolute atomic E-state index is 14.1. The number of fused-ring (bicyclic) bond motifs is 1. The highest BCUT2D eigenvalue weighted by molar-refractivity contribution is 8.00. The second-order valence-corrected chi connectivity index (χ2v) is 16.9. The highest BCUT2D eigenvalue weighted by atomic mass is 127. The molecule has 0 aliphatic carbocycles. The van der Waals surface area contributed by atoms with Crippen molar-refractivity contribution in [1.82, 2.24) is 15.2 Å². The number of thiazole rings is 1. The molecular formula is C45H45IN6O7S2. The Balaban J connectivity index is 0.00000561. The summed E-state index contributed by atoms with van der Waals surface area (Å²) in [4.78, 5) is 59.8. The number of nitrogens with one attached hydrogen (secondary N) is 2. The zero-order valence-corrected chi connectivity index (χ0v) is 37.7. The SMILES string of the molecule is CO/N=C(\C(=O)NC1C(=O)N2C(C(=O)OCc3ccc(OC)cc3)=C([C@H]3CC[N+](C)(C)O3)CSC12)c1csc(NC(c2ccccc2)(c2ccccc2)c2ccccc2)n1.[I-]. The van der Waals surface area contributed by atoms with E-state index >= 15 is 0 Å². The number of esters is 1. The standard InChI is InChI=1S/C45H44N6O7S2.HI/c1-51(2)25-24-36(58-51)34-27-59-42-38(41(53)50(42)39(34)43(54)57-26-29-20-22-33(55-3)23-21-29)47-40(52)37(49-56-4)35-28-60-44(46-35)48-45(30-14-8-5-9-15-30,31-16-10-6-11-17-31)32-18-12-7-13-19-32;/h5-23,28,36,38,42H,24-27H2,1-4H3,(H-,46,47,48,52);1H/b49-37-;/t36-,38?,42?;/m1./s1. The second kappa shape index (κ2) is 18.8. The Labute approximate surface area is 379 Å². The van der Waals surface area contributed by atoms with E-state index in [-0.39, 0.29) is 53.8 Å². The van der Waals surface area contributed by atoms with Crippen LogP contribution >= 0.6 is 23.1 Å². The number of quaternary nitrogens is 1. The fraction of sp³-hybridized carbons (Fsp3) is 0.267. The number of ether oxygens (including phenoxy) is 2. The number of methoxy groups -OCH3 is 1. The second-order valence-electron chi connectivity index (χ2n) is 15.0. The smallest absolute Gasteiger partial charge is 0.355 e. The quantitative estimate of drug-likeness (QED) is 0.0325. The third-order valence-corrected chi connectivity index (χ3v) is 12.9. The van der Waals surface area contributed by atoms with Gasteiger partial charge in [0.15, 0.2) is 10.8 Å². The van der Waals surface area contributed by atoms with Crippen molar-refractivity contribution in [2.24, 2.45) is 5.16 Å². The molecule has 61 heavy (non-hydrogen) atoms. The average Bonchev–Trinajstić information content (AvgIpc) is 3.91. The highest BCUT2D eigenvalue weighted by Gasteiger charge is 2.56. The average molecular weight is 973 g/mol. The molecule has 0 saturated carbocycles. The Morgan fingerprint density at radius 1 is 0.918 bits per heavy atom. The number of hydrogen-bond donors (Lipinski definition) is 2. The van der Waals surface area contributed by atoms with Gasteiger partial charge in [0.05, 0.1) is 21.2 Å². The van der Waals surface area contributed by atoms with Crippen LogP contribution in [0.5, 0.6) is 5.75 Å². The van der Waals surface area contributed by atoms with E-state index in [4.69, 9.17) is 24.1 Å². The number of hydroxylamine groups is 3. The topological polar surface area (TPSA) is 141 Å². The van der Waals surface area contributed by atoms with Gasteiger partial charge in [-0.2, -0.15) is 9.48 Å². The lowest BCUT2D eigenvalue weighted by Gasteiger charge is -2.50. The molecule has 3 aliphatic rings. The van der Waals surface area contributed by atoms with Crippen molar-refractivity contribution in [3.05, 3.63) is 160 Å². The number of carbonyl (C=O) groups excluding carboxylic acids is 3. The molecule has 316 valence electrons. The zero-order chi connectivity index (χ0) is 41.9. The third kappa shape index (κ3) is 8.90. The van der Waals surface area contributed by atoms with Crippen molar-refractivity contribution >= 4 is 51.7 Å². The van der Waals surface area contributed by atoms with Gasteiger partial charge in [-0.3, -0.25) is 14.5 Å². The van der Waals surface area contributed by atoms with Crippen LogP contribution in [0, 0.1) is 0 Å². The van der Waals surface area contributed by atoms with E-state index < -0.39 is 34.7 Å². The molecule has 4 heterocycles. The minimum absolute atomic E-state index is 0. The Kier molecular flexibility index (Phi) is 13.5. The number of anilines is 1. The van der Waals surface area contributed by atoms with E-state index in [2.05, 4.69) is 52.2 Å². The number of benzene rings is 4. The molecule has 2 N–H and O–H groups in total. The van der Waals surface area contributed by atoms with E-state index in [1.165, 1.54) is 35.1 Å². The van der Waals surface area contributed by atoms with Gasteiger partial charge in [-0.25, -0.2) is 9.78 Å². The van der Waals surface area contributed by atoms with Crippen molar-refractivity contribution < 1.29 is 62.2 Å². The van der Waals surface area contributed by atoms with E-state index in [1.54, 1.807) is 24.6 Å². The lowest BCUT2D eigenvalue weighted by atomic mass is 9.77. The minimum atomic E-state index is -0.953. The van der Waals surface area contributed by atoms with Crippen molar-refractivity contribution in [2.75, 3.05) is 45.9 Å². The highest BCUT2D eigenvalue weighted by Crippen LogP contribution is 2.44. The molecule has 5 aromatic rings. The Hall–Kier alpha value is -5.27. The largest absolute Gasteiger partial charge is 1.00 e. The number of rotatable bonds is 14. The van der Waals surface area contributed by atoms with Crippen LogP contribution in [0.25, 0.3) is 0 Å². The fourth-order valence-electron chi connectivity index (χ4n) is 7.82. The van der Waals surface area contributed by atoms with Crippen LogP contribution in [-0.2, 0) is 40.9 Å². The maximum Gasteiger partial charge on any atom is 0.355 e. The molecule has 3 aliphatic heterocycles. The van der Waals surface area contributed by atoms with Gasteiger partial charge in [-0.15, -0.1) is 23.1 Å². The van der Waals surface area contributed by atoms with Crippen molar-refractivity contribution in [3.8, 4) is 5.75 Å². The number of amides is 2. The van der Waals surface area contributed by atoms with Crippen LogP contribution in [-0.4, -0.2) is 96.2 Å². The Morgan fingerprint density at radius 2 is 1.52 bits per heavy atom. The number of aromatic nitrogens is 1. The number of β-lactam (4-membered cyclic amide) rings is 1. The summed E-state index contributed by atoms with van der Waals surface area (Å²) in [6.45, 7) is 0.738. The molecule has 0 bridgehead atoms. The molecule has 8 rings (SSSR count). The predicted molar refractivity (Wildman–Crippen MR) is 230 cm³/mol. The van der Waals surface area contributed by atoms with Gasteiger partial charge in [0, 0.05) is 23.1 Å². The van der Waals surface area contributed by atoms with Crippen LogP contribution in [0.1, 0.15) is 34.4 Å². The van der Waals surface area contributed by atoms with Crippen LogP contribution in [0.2, 0.25) is 0 Å². The fourth-order valence-corrected chi connectivity index (χ4v) is 9.98. The number of hydrogen-bond acceptors (Lipinski definition) is 12. The minimum Gasteiger partial charge on any atom is -1.00 e. The van der Waals surface area contributed by atoms with Crippen LogP contribution in [0.3, 0.4) is 0 Å². The number of oxime groups is 1. The Morgan fingerprint density at radius 3 is 2.07 bits per heavy atom. The summed E-state index contributed by atoms with van der Waals surface area (Å²) in [6, 6.07) is 36.6. The lowest BCUT2D eigenvalue weighted by Crippen LogP contribution is -3.00. The molecule has 3 atom stereocenters. The summed E-state index contributed by atoms with van der Waals surface area (Å²) >= 11 is 2.77. The van der Waals surface area contributed by atoms with Gasteiger partial charge < -0.3 is 48.9 Å². The van der Waals surface area contributed by atoms with Crippen molar-refractivity contribution in [3.63, 3.8) is 0 Å². The number of nitrogens with zero attached hydrogens (tertiary/aromatic N) is 4.